The Morgan fingerprint density at radius 1 is 1.22 bits per heavy atom. The molecule has 2 rings (SSSR count). The molecule has 0 aliphatic heterocycles. The van der Waals surface area contributed by atoms with Gasteiger partial charge in [-0.05, 0) is 39.0 Å². The molecule has 0 aliphatic carbocycles. The summed E-state index contributed by atoms with van der Waals surface area (Å²) >= 11 is 0. The van der Waals surface area contributed by atoms with Crippen molar-refractivity contribution in [3.8, 4) is 11.6 Å². The fraction of sp³-hybridized carbons (Fsp3) is 0.294. The number of rotatable bonds is 4. The van der Waals surface area contributed by atoms with Crippen LogP contribution in [0.1, 0.15) is 26.3 Å². The van der Waals surface area contributed by atoms with Crippen molar-refractivity contribution in [3.63, 3.8) is 0 Å². The summed E-state index contributed by atoms with van der Waals surface area (Å²) in [4.78, 5) is 15.9. The first-order valence-corrected chi connectivity index (χ1v) is 7.27. The molecule has 5 nitrogen and oxygen atoms in total. The molecule has 6 heteroatoms. The predicted molar refractivity (Wildman–Crippen MR) is 85.8 cm³/mol. The van der Waals surface area contributed by atoms with E-state index in [2.05, 4.69) is 15.6 Å². The number of pyridine rings is 1. The minimum absolute atomic E-state index is 0.0894. The van der Waals surface area contributed by atoms with Crippen molar-refractivity contribution < 1.29 is 13.9 Å². The van der Waals surface area contributed by atoms with Gasteiger partial charge in [0.25, 0.3) is 0 Å². The summed E-state index contributed by atoms with van der Waals surface area (Å²) in [6.45, 7) is 5.90. The van der Waals surface area contributed by atoms with Crippen LogP contribution in [0.5, 0.6) is 11.6 Å². The molecule has 1 aromatic carbocycles. The first-order chi connectivity index (χ1) is 10.8. The SMILES string of the molecule is CC(C)(C)NC(=O)NCc1cccnc1Oc1ccccc1F. The minimum Gasteiger partial charge on any atom is -0.436 e. The number of carbonyl (C=O) groups is 1. The molecule has 0 saturated heterocycles. The Bertz CT molecular complexity index is 684. The third kappa shape index (κ3) is 5.25. The average molecular weight is 317 g/mol. The average Bonchev–Trinajstić information content (AvgIpc) is 2.47. The van der Waals surface area contributed by atoms with Crippen LogP contribution in [-0.2, 0) is 6.54 Å². The van der Waals surface area contributed by atoms with Gasteiger partial charge in [0, 0.05) is 23.8 Å². The molecule has 0 aliphatic rings. The summed E-state index contributed by atoms with van der Waals surface area (Å²) in [5, 5.41) is 5.53. The van der Waals surface area contributed by atoms with Gasteiger partial charge in [-0.3, -0.25) is 0 Å². The van der Waals surface area contributed by atoms with E-state index in [1.807, 2.05) is 20.8 Å². The molecule has 0 spiro atoms. The van der Waals surface area contributed by atoms with E-state index in [0.717, 1.165) is 0 Å². The maximum atomic E-state index is 13.7. The predicted octanol–water partition coefficient (Wildman–Crippen LogP) is 3.61. The lowest BCUT2D eigenvalue weighted by atomic mass is 10.1. The van der Waals surface area contributed by atoms with E-state index in [1.54, 1.807) is 30.5 Å². The lowest BCUT2D eigenvalue weighted by molar-refractivity contribution is 0.231. The number of ether oxygens (including phenoxy) is 1. The fourth-order valence-electron chi connectivity index (χ4n) is 1.84. The maximum absolute atomic E-state index is 13.7. The number of aromatic nitrogens is 1. The molecular formula is C17H20FN3O2. The van der Waals surface area contributed by atoms with Gasteiger partial charge in [0.1, 0.15) is 0 Å². The number of nitrogens with zero attached hydrogens (tertiary/aromatic N) is 1. The Labute approximate surface area is 134 Å². The highest BCUT2D eigenvalue weighted by Crippen LogP contribution is 2.25. The summed E-state index contributed by atoms with van der Waals surface area (Å²) in [7, 11) is 0. The van der Waals surface area contributed by atoms with Gasteiger partial charge in [0.2, 0.25) is 5.88 Å². The number of nitrogens with one attached hydrogen (secondary N) is 2. The van der Waals surface area contributed by atoms with E-state index in [4.69, 9.17) is 4.74 Å². The van der Waals surface area contributed by atoms with E-state index in [0.29, 0.717) is 5.56 Å². The van der Waals surface area contributed by atoms with E-state index in [9.17, 15) is 9.18 Å². The van der Waals surface area contributed by atoms with Gasteiger partial charge in [0.05, 0.1) is 0 Å². The Hall–Kier alpha value is -2.63. The highest BCUT2D eigenvalue weighted by molar-refractivity contribution is 5.74. The highest BCUT2D eigenvalue weighted by Gasteiger charge is 2.14. The number of urea groups is 1. The molecule has 0 saturated carbocycles. The first kappa shape index (κ1) is 16.7. The third-order valence-corrected chi connectivity index (χ3v) is 2.82. The van der Waals surface area contributed by atoms with Crippen molar-refractivity contribution in [2.45, 2.75) is 32.9 Å². The Morgan fingerprint density at radius 3 is 2.65 bits per heavy atom. The zero-order chi connectivity index (χ0) is 16.9. The number of hydrogen-bond donors (Lipinski definition) is 2. The van der Waals surface area contributed by atoms with Crippen LogP contribution in [0.2, 0.25) is 0 Å². The van der Waals surface area contributed by atoms with Crippen LogP contribution in [0.25, 0.3) is 0 Å². The van der Waals surface area contributed by atoms with E-state index in [-0.39, 0.29) is 29.7 Å². The fourth-order valence-corrected chi connectivity index (χ4v) is 1.84. The monoisotopic (exact) mass is 317 g/mol. The standard InChI is InChI=1S/C17H20FN3O2/c1-17(2,3)21-16(22)20-11-12-7-6-10-19-15(12)23-14-9-5-4-8-13(14)18/h4-10H,11H2,1-3H3,(H2,20,21,22). The van der Waals surface area contributed by atoms with Crippen LogP contribution in [0, 0.1) is 5.82 Å². The number of carbonyl (C=O) groups excluding carboxylic acids is 1. The molecule has 0 fully saturated rings. The van der Waals surface area contributed by atoms with E-state index < -0.39 is 5.82 Å². The minimum atomic E-state index is -0.470. The quantitative estimate of drug-likeness (QED) is 0.905. The van der Waals surface area contributed by atoms with Crippen molar-refractivity contribution in [3.05, 3.63) is 54.0 Å². The summed E-state index contributed by atoms with van der Waals surface area (Å²) in [5.41, 5.74) is 0.325. The second-order valence-corrected chi connectivity index (χ2v) is 6.06. The Kier molecular flexibility index (Phi) is 5.16. The van der Waals surface area contributed by atoms with Crippen molar-refractivity contribution in [2.75, 3.05) is 0 Å². The van der Waals surface area contributed by atoms with Crippen molar-refractivity contribution >= 4 is 6.03 Å². The van der Waals surface area contributed by atoms with Gasteiger partial charge in [-0.2, -0.15) is 0 Å². The lowest BCUT2D eigenvalue weighted by Crippen LogP contribution is -2.46. The van der Waals surface area contributed by atoms with Crippen molar-refractivity contribution in [2.24, 2.45) is 0 Å². The molecule has 0 bridgehead atoms. The summed E-state index contributed by atoms with van der Waals surface area (Å²) in [6, 6.07) is 9.29. The smallest absolute Gasteiger partial charge is 0.315 e. The zero-order valence-corrected chi connectivity index (χ0v) is 13.4. The maximum Gasteiger partial charge on any atom is 0.315 e. The van der Waals surface area contributed by atoms with Crippen molar-refractivity contribution in [1.82, 2.24) is 15.6 Å². The van der Waals surface area contributed by atoms with Crippen LogP contribution in [-0.4, -0.2) is 16.6 Å². The summed E-state index contributed by atoms with van der Waals surface area (Å²) in [5.74, 6) is -0.122. The molecular weight excluding hydrogens is 297 g/mol. The van der Waals surface area contributed by atoms with E-state index in [1.165, 1.54) is 12.1 Å². The lowest BCUT2D eigenvalue weighted by Gasteiger charge is -2.21. The van der Waals surface area contributed by atoms with Gasteiger partial charge < -0.3 is 15.4 Å². The highest BCUT2D eigenvalue weighted by atomic mass is 19.1. The van der Waals surface area contributed by atoms with Crippen molar-refractivity contribution in [1.29, 1.82) is 0 Å². The molecule has 122 valence electrons. The van der Waals surface area contributed by atoms with Crippen LogP contribution in [0.3, 0.4) is 0 Å². The normalized spacial score (nSPS) is 11.0. The molecule has 0 unspecified atom stereocenters. The number of hydrogen-bond acceptors (Lipinski definition) is 3. The molecule has 23 heavy (non-hydrogen) atoms. The zero-order valence-electron chi connectivity index (χ0n) is 13.4. The van der Waals surface area contributed by atoms with E-state index >= 15 is 0 Å². The summed E-state index contributed by atoms with van der Waals surface area (Å²) < 4.78 is 19.2. The second-order valence-electron chi connectivity index (χ2n) is 6.06. The van der Waals surface area contributed by atoms with Gasteiger partial charge in [-0.1, -0.05) is 18.2 Å². The molecule has 0 radical (unpaired) electrons. The molecule has 1 aromatic heterocycles. The largest absolute Gasteiger partial charge is 0.436 e. The van der Waals surface area contributed by atoms with Crippen LogP contribution in [0.15, 0.2) is 42.6 Å². The molecule has 2 aromatic rings. The molecule has 1 heterocycles. The topological polar surface area (TPSA) is 63.2 Å². The van der Waals surface area contributed by atoms with Gasteiger partial charge in [-0.15, -0.1) is 0 Å². The summed E-state index contributed by atoms with van der Waals surface area (Å²) in [6.07, 6.45) is 1.55. The van der Waals surface area contributed by atoms with Gasteiger partial charge in [0.15, 0.2) is 11.6 Å². The van der Waals surface area contributed by atoms with Gasteiger partial charge in [-0.25, -0.2) is 14.2 Å². The number of benzene rings is 1. The first-order valence-electron chi connectivity index (χ1n) is 7.27. The van der Waals surface area contributed by atoms with Crippen LogP contribution < -0.4 is 15.4 Å². The Morgan fingerprint density at radius 2 is 1.96 bits per heavy atom. The third-order valence-electron chi connectivity index (χ3n) is 2.82. The number of halogens is 1. The number of para-hydroxylation sites is 1. The van der Waals surface area contributed by atoms with Crippen LogP contribution in [0.4, 0.5) is 9.18 Å². The number of amides is 2. The van der Waals surface area contributed by atoms with Gasteiger partial charge >= 0.3 is 6.03 Å². The molecule has 2 amide bonds. The van der Waals surface area contributed by atoms with Crippen LogP contribution >= 0.6 is 0 Å². The molecule has 0 atom stereocenters. The molecule has 2 N–H and O–H groups in total. The second kappa shape index (κ2) is 7.09. The Balaban J connectivity index is 2.06.